The van der Waals surface area contributed by atoms with Crippen LogP contribution < -0.4 is 14.8 Å². The van der Waals surface area contributed by atoms with Crippen molar-refractivity contribution in [2.75, 3.05) is 13.7 Å². The van der Waals surface area contributed by atoms with E-state index in [1.807, 2.05) is 18.2 Å². The Morgan fingerprint density at radius 3 is 3.00 bits per heavy atom. The van der Waals surface area contributed by atoms with Crippen LogP contribution in [0.3, 0.4) is 0 Å². The van der Waals surface area contributed by atoms with Gasteiger partial charge in [-0.2, -0.15) is 0 Å². The first-order chi connectivity index (χ1) is 10.2. The van der Waals surface area contributed by atoms with Crippen LogP contribution in [0.25, 0.3) is 10.8 Å². The summed E-state index contributed by atoms with van der Waals surface area (Å²) < 4.78 is 11.1. The van der Waals surface area contributed by atoms with Crippen LogP contribution in [-0.4, -0.2) is 37.1 Å². The van der Waals surface area contributed by atoms with Gasteiger partial charge in [0.15, 0.2) is 0 Å². The Hall–Kier alpha value is -1.85. The van der Waals surface area contributed by atoms with E-state index in [-0.39, 0.29) is 12.1 Å². The number of pyridine rings is 1. The van der Waals surface area contributed by atoms with Gasteiger partial charge < -0.3 is 19.6 Å². The molecule has 1 N–H and O–H groups in total. The maximum atomic E-state index is 10.8. The van der Waals surface area contributed by atoms with Crippen molar-refractivity contribution in [1.82, 2.24) is 10.3 Å². The maximum absolute atomic E-state index is 10.8. The Bertz CT molecular complexity index is 677. The predicted molar refractivity (Wildman–Crippen MR) is 80.2 cm³/mol. The molecule has 0 radical (unpaired) electrons. The smallest absolute Gasteiger partial charge is 0.223 e. The van der Waals surface area contributed by atoms with Crippen LogP contribution in [0.4, 0.5) is 0 Å². The molecule has 0 bridgehead atoms. The predicted octanol–water partition coefficient (Wildman–Crippen LogP) is 2.21. The molecule has 0 amide bonds. The zero-order valence-corrected chi connectivity index (χ0v) is 12.3. The molecule has 1 aliphatic rings. The number of benzene rings is 1. The SMILES string of the molecule is COc1ccc2c(O[C@H]3CN[C@H](C=O)C3)nc(Cl)cc2c1. The molecule has 1 aliphatic heterocycles. The number of carbonyl (C=O) groups is 1. The summed E-state index contributed by atoms with van der Waals surface area (Å²) in [6.07, 6.45) is 1.45. The Kier molecular flexibility index (Phi) is 3.94. The number of rotatable bonds is 4. The molecule has 110 valence electrons. The first-order valence-corrected chi connectivity index (χ1v) is 7.07. The highest BCUT2D eigenvalue weighted by molar-refractivity contribution is 6.30. The van der Waals surface area contributed by atoms with Crippen molar-refractivity contribution in [1.29, 1.82) is 0 Å². The quantitative estimate of drug-likeness (QED) is 0.693. The second-order valence-corrected chi connectivity index (χ2v) is 5.35. The first kappa shape index (κ1) is 14.1. The van der Waals surface area contributed by atoms with E-state index in [1.54, 1.807) is 13.2 Å². The molecule has 1 aromatic heterocycles. The number of ether oxygens (including phenoxy) is 2. The number of methoxy groups -OCH3 is 1. The van der Waals surface area contributed by atoms with E-state index in [1.165, 1.54) is 0 Å². The normalized spacial score (nSPS) is 21.4. The maximum Gasteiger partial charge on any atom is 0.223 e. The number of aldehydes is 1. The molecule has 21 heavy (non-hydrogen) atoms. The minimum atomic E-state index is -0.152. The van der Waals surface area contributed by atoms with E-state index in [9.17, 15) is 4.79 Å². The molecule has 1 aromatic carbocycles. The summed E-state index contributed by atoms with van der Waals surface area (Å²) in [6, 6.07) is 7.25. The Balaban J connectivity index is 1.92. The van der Waals surface area contributed by atoms with Gasteiger partial charge in [0, 0.05) is 18.4 Å². The fraction of sp³-hybridized carbons (Fsp3) is 0.333. The van der Waals surface area contributed by atoms with Gasteiger partial charge in [0.25, 0.3) is 0 Å². The molecule has 2 aromatic rings. The van der Waals surface area contributed by atoms with Crippen molar-refractivity contribution in [2.24, 2.45) is 0 Å². The van der Waals surface area contributed by atoms with Crippen LogP contribution in [0.1, 0.15) is 6.42 Å². The number of nitrogens with zero attached hydrogens (tertiary/aromatic N) is 1. The summed E-state index contributed by atoms with van der Waals surface area (Å²) >= 11 is 6.06. The number of fused-ring (bicyclic) bond motifs is 1. The molecule has 3 rings (SSSR count). The molecule has 2 heterocycles. The van der Waals surface area contributed by atoms with Gasteiger partial charge in [-0.05, 0) is 29.7 Å². The van der Waals surface area contributed by atoms with Gasteiger partial charge in [-0.3, -0.25) is 0 Å². The molecule has 5 nitrogen and oxygen atoms in total. The molecule has 0 unspecified atom stereocenters. The van der Waals surface area contributed by atoms with Gasteiger partial charge >= 0.3 is 0 Å². The number of halogens is 1. The van der Waals surface area contributed by atoms with Crippen LogP contribution in [0.2, 0.25) is 5.15 Å². The highest BCUT2D eigenvalue weighted by atomic mass is 35.5. The molecular formula is C15H15ClN2O3. The second-order valence-electron chi connectivity index (χ2n) is 4.96. The molecule has 6 heteroatoms. The summed E-state index contributed by atoms with van der Waals surface area (Å²) in [5, 5.41) is 5.22. The topological polar surface area (TPSA) is 60.5 Å². The average Bonchev–Trinajstić information content (AvgIpc) is 2.94. The zero-order valence-electron chi connectivity index (χ0n) is 11.5. The number of carbonyl (C=O) groups excluding carboxylic acids is 1. The van der Waals surface area contributed by atoms with Crippen molar-refractivity contribution < 1.29 is 14.3 Å². The third-order valence-electron chi connectivity index (χ3n) is 3.54. The van der Waals surface area contributed by atoms with Crippen LogP contribution in [0.5, 0.6) is 11.6 Å². The molecule has 2 atom stereocenters. The van der Waals surface area contributed by atoms with Crippen molar-refractivity contribution in [3.05, 3.63) is 29.4 Å². The summed E-state index contributed by atoms with van der Waals surface area (Å²) in [6.45, 7) is 0.620. The lowest BCUT2D eigenvalue weighted by molar-refractivity contribution is -0.109. The van der Waals surface area contributed by atoms with Crippen LogP contribution in [-0.2, 0) is 4.79 Å². The fourth-order valence-corrected chi connectivity index (χ4v) is 2.67. The van der Waals surface area contributed by atoms with Crippen molar-refractivity contribution >= 4 is 28.7 Å². The second kappa shape index (κ2) is 5.87. The number of hydrogen-bond donors (Lipinski definition) is 1. The summed E-state index contributed by atoms with van der Waals surface area (Å²) in [5.41, 5.74) is 0. The van der Waals surface area contributed by atoms with E-state index in [2.05, 4.69) is 10.3 Å². The number of hydrogen-bond acceptors (Lipinski definition) is 5. The van der Waals surface area contributed by atoms with Crippen LogP contribution >= 0.6 is 11.6 Å². The Labute approximate surface area is 127 Å². The van der Waals surface area contributed by atoms with E-state index >= 15 is 0 Å². The average molecular weight is 307 g/mol. The lowest BCUT2D eigenvalue weighted by atomic mass is 10.1. The lowest BCUT2D eigenvalue weighted by Crippen LogP contribution is -2.23. The van der Waals surface area contributed by atoms with Crippen molar-refractivity contribution in [2.45, 2.75) is 18.6 Å². The fourth-order valence-electron chi connectivity index (χ4n) is 2.47. The van der Waals surface area contributed by atoms with Crippen LogP contribution in [0.15, 0.2) is 24.3 Å². The van der Waals surface area contributed by atoms with Gasteiger partial charge in [0.1, 0.15) is 23.3 Å². The molecule has 1 saturated heterocycles. The number of aromatic nitrogens is 1. The monoisotopic (exact) mass is 306 g/mol. The van der Waals surface area contributed by atoms with Gasteiger partial charge in [0.05, 0.1) is 13.2 Å². The van der Waals surface area contributed by atoms with Crippen molar-refractivity contribution in [3.8, 4) is 11.6 Å². The summed E-state index contributed by atoms with van der Waals surface area (Å²) in [7, 11) is 1.62. The third kappa shape index (κ3) is 2.94. The van der Waals surface area contributed by atoms with E-state index in [0.29, 0.717) is 24.0 Å². The summed E-state index contributed by atoms with van der Waals surface area (Å²) in [4.78, 5) is 15.0. The Morgan fingerprint density at radius 2 is 2.29 bits per heavy atom. The minimum absolute atomic E-state index is 0.0866. The van der Waals surface area contributed by atoms with Gasteiger partial charge in [-0.15, -0.1) is 0 Å². The lowest BCUT2D eigenvalue weighted by Gasteiger charge is -2.14. The first-order valence-electron chi connectivity index (χ1n) is 6.69. The van der Waals surface area contributed by atoms with Gasteiger partial charge in [0.2, 0.25) is 5.88 Å². The molecule has 0 saturated carbocycles. The zero-order chi connectivity index (χ0) is 14.8. The van der Waals surface area contributed by atoms with Crippen molar-refractivity contribution in [3.63, 3.8) is 0 Å². The third-order valence-corrected chi connectivity index (χ3v) is 3.73. The van der Waals surface area contributed by atoms with E-state index in [4.69, 9.17) is 21.1 Å². The highest BCUT2D eigenvalue weighted by Crippen LogP contribution is 2.30. The minimum Gasteiger partial charge on any atom is -0.497 e. The molecular weight excluding hydrogens is 292 g/mol. The number of nitrogens with one attached hydrogen (secondary N) is 1. The van der Waals surface area contributed by atoms with Gasteiger partial charge in [-0.1, -0.05) is 11.6 Å². The summed E-state index contributed by atoms with van der Waals surface area (Å²) in [5.74, 6) is 1.23. The standard InChI is InChI=1S/C15H15ClN2O3/c1-20-11-2-3-13-9(4-11)5-14(16)18-15(13)21-12-6-10(8-19)17-7-12/h2-5,8,10,12,17H,6-7H2,1H3/t10-,12+/m0/s1. The van der Waals surface area contributed by atoms with E-state index < -0.39 is 0 Å². The highest BCUT2D eigenvalue weighted by Gasteiger charge is 2.26. The largest absolute Gasteiger partial charge is 0.497 e. The molecule has 0 spiro atoms. The van der Waals surface area contributed by atoms with Gasteiger partial charge in [-0.25, -0.2) is 4.98 Å². The molecule has 1 fully saturated rings. The van der Waals surface area contributed by atoms with E-state index in [0.717, 1.165) is 22.8 Å². The Morgan fingerprint density at radius 1 is 1.43 bits per heavy atom. The molecule has 0 aliphatic carbocycles. The van der Waals surface area contributed by atoms with Crippen LogP contribution in [0, 0.1) is 0 Å².